The number of carbonyl (C=O) groups is 2. The molecule has 0 aliphatic carbocycles. The minimum atomic E-state index is -0.553. The van der Waals surface area contributed by atoms with Gasteiger partial charge in [0.2, 0.25) is 5.91 Å². The Labute approximate surface area is 109 Å². The molecule has 0 unspecified atom stereocenters. The molecule has 0 fully saturated rings. The molecule has 2 amide bonds. The van der Waals surface area contributed by atoms with Gasteiger partial charge in [-0.25, -0.2) is 0 Å². The van der Waals surface area contributed by atoms with Crippen LogP contribution >= 0.6 is 0 Å². The van der Waals surface area contributed by atoms with Crippen LogP contribution in [0, 0.1) is 0 Å². The molecule has 0 saturated heterocycles. The molecule has 1 atom stereocenters. The summed E-state index contributed by atoms with van der Waals surface area (Å²) in [6.45, 7) is 2.68. The Hall–Kier alpha value is -1.14. The molecule has 6 nitrogen and oxygen atoms in total. The molecule has 0 aromatic rings. The van der Waals surface area contributed by atoms with Crippen molar-refractivity contribution in [2.75, 3.05) is 6.54 Å². The first kappa shape index (κ1) is 16.9. The van der Waals surface area contributed by atoms with E-state index in [4.69, 9.17) is 11.5 Å². The van der Waals surface area contributed by atoms with E-state index in [0.29, 0.717) is 19.4 Å². The normalized spacial score (nSPS) is 11.9. The maximum Gasteiger partial charge on any atom is 0.255 e. The first-order chi connectivity index (χ1) is 8.61. The summed E-state index contributed by atoms with van der Waals surface area (Å²) in [7, 11) is 0. The fourth-order valence-electron chi connectivity index (χ4n) is 1.45. The number of amides is 2. The smallest absolute Gasteiger partial charge is 0.255 e. The number of nitrogens with one attached hydrogen (secondary N) is 2. The van der Waals surface area contributed by atoms with Gasteiger partial charge in [-0.3, -0.25) is 20.4 Å². The van der Waals surface area contributed by atoms with E-state index in [1.165, 1.54) is 0 Å². The van der Waals surface area contributed by atoms with Crippen LogP contribution in [0.1, 0.15) is 51.9 Å². The van der Waals surface area contributed by atoms with E-state index in [-0.39, 0.29) is 11.8 Å². The van der Waals surface area contributed by atoms with Crippen LogP contribution in [0.4, 0.5) is 0 Å². The molecule has 0 rings (SSSR count). The Balaban J connectivity index is 3.61. The zero-order chi connectivity index (χ0) is 13.8. The second kappa shape index (κ2) is 11.0. The highest BCUT2D eigenvalue weighted by molar-refractivity contribution is 5.84. The predicted molar refractivity (Wildman–Crippen MR) is 71.3 cm³/mol. The zero-order valence-electron chi connectivity index (χ0n) is 11.2. The zero-order valence-corrected chi connectivity index (χ0v) is 11.2. The van der Waals surface area contributed by atoms with Gasteiger partial charge in [0, 0.05) is 6.42 Å². The number of hydrazine groups is 1. The van der Waals surface area contributed by atoms with Crippen LogP contribution < -0.4 is 22.3 Å². The summed E-state index contributed by atoms with van der Waals surface area (Å²) in [5, 5.41) is 0. The number of hydrogen-bond donors (Lipinski definition) is 4. The number of unbranched alkanes of at least 4 members (excludes halogenated alkanes) is 3. The molecule has 6 N–H and O–H groups in total. The van der Waals surface area contributed by atoms with Crippen LogP contribution in [-0.4, -0.2) is 24.4 Å². The lowest BCUT2D eigenvalue weighted by Gasteiger charge is -2.12. The molecule has 0 radical (unpaired) electrons. The van der Waals surface area contributed by atoms with Gasteiger partial charge in [0.1, 0.15) is 0 Å². The van der Waals surface area contributed by atoms with Gasteiger partial charge in [0.15, 0.2) is 0 Å². The number of rotatable bonds is 9. The Morgan fingerprint density at radius 2 is 1.83 bits per heavy atom. The first-order valence-electron chi connectivity index (χ1n) is 6.66. The average Bonchev–Trinajstić information content (AvgIpc) is 2.38. The van der Waals surface area contributed by atoms with Crippen molar-refractivity contribution >= 4 is 11.8 Å². The largest absolute Gasteiger partial charge is 0.330 e. The van der Waals surface area contributed by atoms with E-state index in [0.717, 1.165) is 32.1 Å². The van der Waals surface area contributed by atoms with E-state index in [1.807, 2.05) is 6.92 Å². The molecule has 0 aliphatic heterocycles. The maximum absolute atomic E-state index is 11.5. The highest BCUT2D eigenvalue weighted by atomic mass is 16.2. The van der Waals surface area contributed by atoms with E-state index in [1.54, 1.807) is 0 Å². The van der Waals surface area contributed by atoms with Crippen LogP contribution in [0.25, 0.3) is 0 Å². The van der Waals surface area contributed by atoms with Crippen molar-refractivity contribution in [3.05, 3.63) is 0 Å². The molecular weight excluding hydrogens is 232 g/mol. The molecule has 0 spiro atoms. The Morgan fingerprint density at radius 1 is 1.11 bits per heavy atom. The summed E-state index contributed by atoms with van der Waals surface area (Å²) >= 11 is 0. The molecule has 0 heterocycles. The molecule has 18 heavy (non-hydrogen) atoms. The SMILES string of the molecule is CCCC[C@@H](N)C(=O)NNC(=O)CCCCCN. The summed E-state index contributed by atoms with van der Waals surface area (Å²) in [6, 6.07) is -0.553. The summed E-state index contributed by atoms with van der Waals surface area (Å²) in [4.78, 5) is 22.8. The summed E-state index contributed by atoms with van der Waals surface area (Å²) in [5.41, 5.74) is 15.7. The topological polar surface area (TPSA) is 110 Å². The number of carbonyl (C=O) groups excluding carboxylic acids is 2. The minimum Gasteiger partial charge on any atom is -0.330 e. The molecule has 106 valence electrons. The van der Waals surface area contributed by atoms with Crippen molar-refractivity contribution in [2.45, 2.75) is 57.9 Å². The van der Waals surface area contributed by atoms with Crippen molar-refractivity contribution in [3.63, 3.8) is 0 Å². The third-order valence-corrected chi connectivity index (χ3v) is 2.64. The Bertz CT molecular complexity index is 246. The van der Waals surface area contributed by atoms with Gasteiger partial charge >= 0.3 is 0 Å². The molecule has 0 aromatic carbocycles. The van der Waals surface area contributed by atoms with E-state index in [9.17, 15) is 9.59 Å². The number of hydrogen-bond acceptors (Lipinski definition) is 4. The van der Waals surface area contributed by atoms with Crippen molar-refractivity contribution in [1.29, 1.82) is 0 Å². The van der Waals surface area contributed by atoms with Gasteiger partial charge in [-0.1, -0.05) is 26.2 Å². The lowest BCUT2D eigenvalue weighted by Crippen LogP contribution is -2.49. The van der Waals surface area contributed by atoms with Crippen LogP contribution in [0.15, 0.2) is 0 Å². The van der Waals surface area contributed by atoms with Crippen LogP contribution in [-0.2, 0) is 9.59 Å². The van der Waals surface area contributed by atoms with Crippen molar-refractivity contribution < 1.29 is 9.59 Å². The van der Waals surface area contributed by atoms with Crippen molar-refractivity contribution in [3.8, 4) is 0 Å². The van der Waals surface area contributed by atoms with Crippen LogP contribution in [0.5, 0.6) is 0 Å². The third kappa shape index (κ3) is 8.95. The molecule has 0 aliphatic rings. The summed E-state index contributed by atoms with van der Waals surface area (Å²) in [5.74, 6) is -0.526. The molecule has 0 aromatic heterocycles. The quantitative estimate of drug-likeness (QED) is 0.349. The number of nitrogens with two attached hydrogens (primary N) is 2. The standard InChI is InChI=1S/C12H26N4O2/c1-2-3-7-10(14)12(18)16-15-11(17)8-5-4-6-9-13/h10H,2-9,13-14H2,1H3,(H,15,17)(H,16,18)/t10-/m1/s1. The fraction of sp³-hybridized carbons (Fsp3) is 0.833. The molecule has 0 bridgehead atoms. The Morgan fingerprint density at radius 3 is 2.44 bits per heavy atom. The van der Waals surface area contributed by atoms with E-state index in [2.05, 4.69) is 10.9 Å². The maximum atomic E-state index is 11.5. The first-order valence-corrected chi connectivity index (χ1v) is 6.66. The second-order valence-corrected chi connectivity index (χ2v) is 4.39. The highest BCUT2D eigenvalue weighted by Gasteiger charge is 2.12. The summed E-state index contributed by atoms with van der Waals surface area (Å²) < 4.78 is 0. The van der Waals surface area contributed by atoms with Gasteiger partial charge in [0.05, 0.1) is 6.04 Å². The van der Waals surface area contributed by atoms with Gasteiger partial charge < -0.3 is 11.5 Å². The Kier molecular flexibility index (Phi) is 10.3. The second-order valence-electron chi connectivity index (χ2n) is 4.39. The van der Waals surface area contributed by atoms with Crippen LogP contribution in [0.3, 0.4) is 0 Å². The minimum absolute atomic E-state index is 0.192. The monoisotopic (exact) mass is 258 g/mol. The van der Waals surface area contributed by atoms with Crippen molar-refractivity contribution in [1.82, 2.24) is 10.9 Å². The fourth-order valence-corrected chi connectivity index (χ4v) is 1.45. The van der Waals surface area contributed by atoms with E-state index < -0.39 is 6.04 Å². The average molecular weight is 258 g/mol. The molecule has 0 saturated carbocycles. The molecular formula is C12H26N4O2. The lowest BCUT2D eigenvalue weighted by molar-refractivity contribution is -0.129. The van der Waals surface area contributed by atoms with Gasteiger partial charge in [0.25, 0.3) is 5.91 Å². The van der Waals surface area contributed by atoms with E-state index >= 15 is 0 Å². The summed E-state index contributed by atoms with van der Waals surface area (Å²) in [6.07, 6.45) is 5.55. The van der Waals surface area contributed by atoms with Gasteiger partial charge in [-0.15, -0.1) is 0 Å². The van der Waals surface area contributed by atoms with Crippen molar-refractivity contribution in [2.24, 2.45) is 11.5 Å². The van der Waals surface area contributed by atoms with Gasteiger partial charge in [-0.05, 0) is 25.8 Å². The van der Waals surface area contributed by atoms with Crippen LogP contribution in [0.2, 0.25) is 0 Å². The highest BCUT2D eigenvalue weighted by Crippen LogP contribution is 1.99. The molecule has 6 heteroatoms. The third-order valence-electron chi connectivity index (χ3n) is 2.64. The predicted octanol–water partition coefficient (Wildman–Crippen LogP) is 0.170. The van der Waals surface area contributed by atoms with Gasteiger partial charge in [-0.2, -0.15) is 0 Å². The lowest BCUT2D eigenvalue weighted by atomic mass is 10.1.